The van der Waals surface area contributed by atoms with Crippen molar-refractivity contribution in [3.63, 3.8) is 0 Å². The number of nitrogens with zero attached hydrogens (tertiary/aromatic N) is 1. The second-order valence-corrected chi connectivity index (χ2v) is 11.9. The van der Waals surface area contributed by atoms with Crippen LogP contribution in [0.25, 0.3) is 0 Å². The van der Waals surface area contributed by atoms with Crippen LogP contribution in [0.5, 0.6) is 5.75 Å². The first-order valence-electron chi connectivity index (χ1n) is 13.5. The molecule has 212 valence electrons. The Kier molecular flexibility index (Phi) is 7.94. The molecule has 0 amide bonds. The molecule has 0 spiro atoms. The zero-order valence-electron chi connectivity index (χ0n) is 22.4. The Bertz CT molecular complexity index is 1740. The number of hydrogen-bond acceptors (Lipinski definition) is 7. The Hall–Kier alpha value is -4.44. The van der Waals surface area contributed by atoms with Gasteiger partial charge in [-0.25, -0.2) is 13.2 Å². The van der Waals surface area contributed by atoms with Gasteiger partial charge in [-0.05, 0) is 72.6 Å². The van der Waals surface area contributed by atoms with Crippen LogP contribution in [0.2, 0.25) is 0 Å². The second-order valence-electron chi connectivity index (χ2n) is 10.2. The largest absolute Gasteiger partial charge is 0.507 e. The minimum atomic E-state index is -4.03. The molecule has 2 N–H and O–H groups in total. The van der Waals surface area contributed by atoms with Crippen LogP contribution in [0.3, 0.4) is 0 Å². The summed E-state index contributed by atoms with van der Waals surface area (Å²) in [6.07, 6.45) is 3.76. The Morgan fingerprint density at radius 1 is 1.00 bits per heavy atom. The van der Waals surface area contributed by atoms with Crippen molar-refractivity contribution in [2.24, 2.45) is 5.92 Å². The second kappa shape index (κ2) is 11.6. The van der Waals surface area contributed by atoms with Crippen molar-refractivity contribution in [3.8, 4) is 5.75 Å². The van der Waals surface area contributed by atoms with Crippen LogP contribution in [0.1, 0.15) is 53.7 Å². The topological polar surface area (TPSA) is 140 Å². The Morgan fingerprint density at radius 3 is 2.34 bits per heavy atom. The summed E-state index contributed by atoms with van der Waals surface area (Å²) in [6, 6.07) is 20.9. The van der Waals surface area contributed by atoms with E-state index < -0.39 is 26.5 Å². The monoisotopic (exact) mass is 574 g/mol. The number of rotatable bonds is 11. The molecule has 3 aromatic carbocycles. The first-order chi connectivity index (χ1) is 19.7. The van der Waals surface area contributed by atoms with Gasteiger partial charge in [-0.3, -0.25) is 14.8 Å². The fraction of sp³-hybridized carbons (Fsp3) is 0.258. The number of nitro benzene ring substituents is 1. The van der Waals surface area contributed by atoms with E-state index >= 15 is 0 Å². The average Bonchev–Trinajstić information content (AvgIpc) is 3.79. The molecule has 9 nitrogen and oxygen atoms in total. The van der Waals surface area contributed by atoms with E-state index in [1.165, 1.54) is 29.3 Å². The molecule has 0 bridgehead atoms. The van der Waals surface area contributed by atoms with Crippen LogP contribution < -0.4 is 10.3 Å². The van der Waals surface area contributed by atoms with Crippen LogP contribution in [0, 0.1) is 16.0 Å². The molecule has 1 aliphatic carbocycles. The van der Waals surface area contributed by atoms with E-state index in [-0.39, 0.29) is 33.5 Å². The van der Waals surface area contributed by atoms with Crippen LogP contribution in [0.4, 0.5) is 11.4 Å². The molecule has 4 aromatic rings. The molecular formula is C31H30N2O7S. The van der Waals surface area contributed by atoms with Gasteiger partial charge in [0.1, 0.15) is 11.5 Å². The number of hydrogen-bond donors (Lipinski definition) is 2. The lowest BCUT2D eigenvalue weighted by molar-refractivity contribution is -0.384. The fourth-order valence-electron chi connectivity index (χ4n) is 5.21. The highest BCUT2D eigenvalue weighted by Gasteiger charge is 2.37. The third-order valence-electron chi connectivity index (χ3n) is 7.42. The standard InChI is InChI=1S/C31H30N2O7S/c1-2-20-6-3-4-7-21(20)12-15-26-19-28(34)30(31(35)40-26)29(22-10-11-22)23-8-5-9-24(18-23)32-41(38,39)27-16-13-25(14-17-27)33(36)37/h3-9,13-14,16-19,22,29,32,34H,2,10-12,15H2,1H3. The van der Waals surface area contributed by atoms with E-state index in [4.69, 9.17) is 4.42 Å². The lowest BCUT2D eigenvalue weighted by atomic mass is 9.87. The summed E-state index contributed by atoms with van der Waals surface area (Å²) in [7, 11) is -4.03. The van der Waals surface area contributed by atoms with Gasteiger partial charge in [0, 0.05) is 36.2 Å². The molecule has 1 heterocycles. The smallest absolute Gasteiger partial charge is 0.343 e. The Morgan fingerprint density at radius 2 is 1.71 bits per heavy atom. The molecular weight excluding hydrogens is 544 g/mol. The summed E-state index contributed by atoms with van der Waals surface area (Å²) in [5.74, 6) is -0.0901. The molecule has 1 aromatic heterocycles. The molecule has 1 saturated carbocycles. The summed E-state index contributed by atoms with van der Waals surface area (Å²) < 4.78 is 34.1. The maximum absolute atomic E-state index is 13.2. The van der Waals surface area contributed by atoms with Crippen LogP contribution in [-0.2, 0) is 29.3 Å². The molecule has 0 saturated heterocycles. The first-order valence-corrected chi connectivity index (χ1v) is 14.9. The van der Waals surface area contributed by atoms with Gasteiger partial charge in [-0.15, -0.1) is 0 Å². The van der Waals surface area contributed by atoms with Gasteiger partial charge in [0.05, 0.1) is 15.4 Å². The van der Waals surface area contributed by atoms with Crippen molar-refractivity contribution in [2.45, 2.75) is 49.8 Å². The van der Waals surface area contributed by atoms with Gasteiger partial charge in [0.15, 0.2) is 0 Å². The van der Waals surface area contributed by atoms with E-state index in [1.54, 1.807) is 24.3 Å². The summed E-state index contributed by atoms with van der Waals surface area (Å²) >= 11 is 0. The molecule has 1 aliphatic rings. The summed E-state index contributed by atoms with van der Waals surface area (Å²) in [5.41, 5.74) is 2.69. The van der Waals surface area contributed by atoms with Gasteiger partial charge in [0.2, 0.25) is 0 Å². The molecule has 1 unspecified atom stereocenters. The maximum atomic E-state index is 13.2. The van der Waals surface area contributed by atoms with Gasteiger partial charge < -0.3 is 9.52 Å². The van der Waals surface area contributed by atoms with Crippen LogP contribution in [0.15, 0.2) is 93.0 Å². The molecule has 1 atom stereocenters. The molecule has 10 heteroatoms. The summed E-state index contributed by atoms with van der Waals surface area (Å²) in [4.78, 5) is 23.4. The zero-order chi connectivity index (χ0) is 29.1. The van der Waals surface area contributed by atoms with E-state index in [1.807, 2.05) is 12.1 Å². The molecule has 1 fully saturated rings. The zero-order valence-corrected chi connectivity index (χ0v) is 23.3. The highest BCUT2D eigenvalue weighted by Crippen LogP contribution is 2.48. The quantitative estimate of drug-likeness (QED) is 0.167. The lowest BCUT2D eigenvalue weighted by Gasteiger charge is -2.19. The van der Waals surface area contributed by atoms with Crippen LogP contribution in [-0.4, -0.2) is 18.4 Å². The maximum Gasteiger partial charge on any atom is 0.343 e. The molecule has 0 aliphatic heterocycles. The Balaban J connectivity index is 1.39. The van der Waals surface area contributed by atoms with Crippen molar-refractivity contribution in [1.82, 2.24) is 0 Å². The fourth-order valence-corrected chi connectivity index (χ4v) is 6.26. The van der Waals surface area contributed by atoms with E-state index in [0.717, 1.165) is 31.4 Å². The van der Waals surface area contributed by atoms with E-state index in [0.29, 0.717) is 24.2 Å². The average molecular weight is 575 g/mol. The molecule has 0 radical (unpaired) electrons. The first kappa shape index (κ1) is 28.1. The number of sulfonamides is 1. The Labute approximate surface area is 237 Å². The minimum absolute atomic E-state index is 0.104. The predicted molar refractivity (Wildman–Crippen MR) is 155 cm³/mol. The van der Waals surface area contributed by atoms with Gasteiger partial charge in [0.25, 0.3) is 15.7 Å². The van der Waals surface area contributed by atoms with Crippen molar-refractivity contribution in [1.29, 1.82) is 0 Å². The third-order valence-corrected chi connectivity index (χ3v) is 8.81. The highest BCUT2D eigenvalue weighted by atomic mass is 32.2. The third kappa shape index (κ3) is 6.33. The van der Waals surface area contributed by atoms with Crippen molar-refractivity contribution < 1.29 is 22.9 Å². The summed E-state index contributed by atoms with van der Waals surface area (Å²) in [6.45, 7) is 2.09. The number of benzene rings is 3. The van der Waals surface area contributed by atoms with Gasteiger partial charge in [-0.1, -0.05) is 43.3 Å². The number of nitrogens with one attached hydrogen (secondary N) is 1. The van der Waals surface area contributed by atoms with Crippen molar-refractivity contribution in [2.75, 3.05) is 4.72 Å². The van der Waals surface area contributed by atoms with Crippen molar-refractivity contribution in [3.05, 3.63) is 127 Å². The highest BCUT2D eigenvalue weighted by molar-refractivity contribution is 7.92. The normalized spacial score (nSPS) is 14.0. The van der Waals surface area contributed by atoms with E-state index in [2.05, 4.69) is 23.8 Å². The summed E-state index contributed by atoms with van der Waals surface area (Å²) in [5, 5.41) is 21.9. The molecule has 5 rings (SSSR count). The van der Waals surface area contributed by atoms with Crippen LogP contribution >= 0.6 is 0 Å². The SMILES string of the molecule is CCc1ccccc1CCc1cc(O)c(C(c2cccc(NS(=O)(=O)c3ccc([N+](=O)[O-])cc3)c2)C2CC2)c(=O)o1. The predicted octanol–water partition coefficient (Wildman–Crippen LogP) is 5.94. The number of aryl methyl sites for hydroxylation is 3. The minimum Gasteiger partial charge on any atom is -0.507 e. The van der Waals surface area contributed by atoms with Gasteiger partial charge >= 0.3 is 5.63 Å². The number of aromatic hydroxyl groups is 1. The molecule has 41 heavy (non-hydrogen) atoms. The number of anilines is 1. The van der Waals surface area contributed by atoms with Gasteiger partial charge in [-0.2, -0.15) is 0 Å². The number of non-ortho nitro benzene ring substituents is 1. The van der Waals surface area contributed by atoms with E-state index in [9.17, 15) is 28.4 Å². The van der Waals surface area contributed by atoms with Crippen molar-refractivity contribution >= 4 is 21.4 Å². The lowest BCUT2D eigenvalue weighted by Crippen LogP contribution is -2.17. The number of nitro groups is 1.